The van der Waals surface area contributed by atoms with E-state index >= 15 is 0 Å². The van der Waals surface area contributed by atoms with Crippen molar-refractivity contribution >= 4 is 11.0 Å². The van der Waals surface area contributed by atoms with Crippen LogP contribution in [0.5, 0.6) is 0 Å². The number of hydrogen-bond donors (Lipinski definition) is 1. The number of fused-ring (bicyclic) bond motifs is 1. The first kappa shape index (κ1) is 11.1. The fraction of sp³-hybridized carbons (Fsp3) is 0.462. The minimum Gasteiger partial charge on any atom is -0.331 e. The molecule has 86 valence electrons. The Morgan fingerprint density at radius 3 is 2.62 bits per heavy atom. The molecule has 0 fully saturated rings. The summed E-state index contributed by atoms with van der Waals surface area (Å²) in [5.74, 6) is 1.13. The monoisotopic (exact) mass is 217 g/mol. The van der Waals surface area contributed by atoms with Crippen molar-refractivity contribution in [3.8, 4) is 0 Å². The number of imidazole rings is 1. The average Bonchev–Trinajstić information content (AvgIpc) is 2.54. The van der Waals surface area contributed by atoms with Crippen molar-refractivity contribution < 1.29 is 0 Å². The lowest BCUT2D eigenvalue weighted by Crippen LogP contribution is -2.04. The van der Waals surface area contributed by atoms with E-state index in [9.17, 15) is 0 Å². The van der Waals surface area contributed by atoms with Gasteiger partial charge in [-0.1, -0.05) is 0 Å². The molecular formula is C13H19N3. The Labute approximate surface area is 96.3 Å². The zero-order valence-corrected chi connectivity index (χ0v) is 10.2. The summed E-state index contributed by atoms with van der Waals surface area (Å²) >= 11 is 0. The number of hydrogen-bond acceptors (Lipinski definition) is 2. The van der Waals surface area contributed by atoms with E-state index in [4.69, 9.17) is 5.73 Å². The summed E-state index contributed by atoms with van der Waals surface area (Å²) in [4.78, 5) is 4.66. The maximum absolute atomic E-state index is 5.53. The van der Waals surface area contributed by atoms with Gasteiger partial charge in [0.05, 0.1) is 11.0 Å². The van der Waals surface area contributed by atoms with Crippen molar-refractivity contribution in [3.05, 3.63) is 29.1 Å². The molecule has 0 spiro atoms. The van der Waals surface area contributed by atoms with Gasteiger partial charge in [0, 0.05) is 13.5 Å². The van der Waals surface area contributed by atoms with Crippen LogP contribution >= 0.6 is 0 Å². The molecular weight excluding hydrogens is 198 g/mol. The Morgan fingerprint density at radius 1 is 1.25 bits per heavy atom. The molecule has 1 aromatic heterocycles. The fourth-order valence-corrected chi connectivity index (χ4v) is 1.98. The minimum absolute atomic E-state index is 0.723. The van der Waals surface area contributed by atoms with Crippen molar-refractivity contribution in [2.45, 2.75) is 26.7 Å². The quantitative estimate of drug-likeness (QED) is 0.855. The van der Waals surface area contributed by atoms with Crippen molar-refractivity contribution in [2.75, 3.05) is 6.54 Å². The largest absolute Gasteiger partial charge is 0.331 e. The maximum atomic E-state index is 5.53. The van der Waals surface area contributed by atoms with Crippen LogP contribution in [-0.2, 0) is 13.5 Å². The highest BCUT2D eigenvalue weighted by Gasteiger charge is 2.08. The van der Waals surface area contributed by atoms with Crippen LogP contribution in [0.2, 0.25) is 0 Å². The molecule has 0 atom stereocenters. The zero-order valence-electron chi connectivity index (χ0n) is 10.2. The second-order valence-corrected chi connectivity index (χ2v) is 4.40. The summed E-state index contributed by atoms with van der Waals surface area (Å²) in [7, 11) is 2.08. The number of benzene rings is 1. The summed E-state index contributed by atoms with van der Waals surface area (Å²) in [5, 5.41) is 0. The van der Waals surface area contributed by atoms with Crippen molar-refractivity contribution in [2.24, 2.45) is 12.8 Å². The van der Waals surface area contributed by atoms with Crippen LogP contribution in [-0.4, -0.2) is 16.1 Å². The van der Waals surface area contributed by atoms with Crippen LogP contribution in [0.3, 0.4) is 0 Å². The Balaban J connectivity index is 2.50. The summed E-state index contributed by atoms with van der Waals surface area (Å²) < 4.78 is 2.18. The lowest BCUT2D eigenvalue weighted by atomic mass is 10.1. The number of nitrogens with zero attached hydrogens (tertiary/aromatic N) is 2. The summed E-state index contributed by atoms with van der Waals surface area (Å²) in [6, 6.07) is 4.38. The lowest BCUT2D eigenvalue weighted by molar-refractivity contribution is 0.741. The van der Waals surface area contributed by atoms with Crippen molar-refractivity contribution in [1.82, 2.24) is 9.55 Å². The molecule has 0 saturated carbocycles. The van der Waals surface area contributed by atoms with E-state index in [-0.39, 0.29) is 0 Å². The van der Waals surface area contributed by atoms with Gasteiger partial charge in [0.2, 0.25) is 0 Å². The first-order valence-corrected chi connectivity index (χ1v) is 5.76. The van der Waals surface area contributed by atoms with E-state index in [1.165, 1.54) is 16.6 Å². The van der Waals surface area contributed by atoms with E-state index in [1.807, 2.05) is 0 Å². The van der Waals surface area contributed by atoms with Gasteiger partial charge in [-0.15, -0.1) is 0 Å². The third-order valence-corrected chi connectivity index (χ3v) is 3.19. The van der Waals surface area contributed by atoms with Crippen molar-refractivity contribution in [1.29, 1.82) is 0 Å². The van der Waals surface area contributed by atoms with E-state index in [0.717, 1.165) is 30.7 Å². The average molecular weight is 217 g/mol. The molecule has 0 unspecified atom stereocenters. The van der Waals surface area contributed by atoms with E-state index < -0.39 is 0 Å². The van der Waals surface area contributed by atoms with Gasteiger partial charge in [-0.3, -0.25) is 0 Å². The van der Waals surface area contributed by atoms with Gasteiger partial charge < -0.3 is 10.3 Å². The maximum Gasteiger partial charge on any atom is 0.109 e. The van der Waals surface area contributed by atoms with E-state index in [1.54, 1.807) is 0 Å². The Kier molecular flexibility index (Phi) is 2.97. The highest BCUT2D eigenvalue weighted by Crippen LogP contribution is 2.20. The Morgan fingerprint density at radius 2 is 1.94 bits per heavy atom. The third kappa shape index (κ3) is 1.83. The third-order valence-electron chi connectivity index (χ3n) is 3.19. The van der Waals surface area contributed by atoms with Crippen LogP contribution in [0.1, 0.15) is 23.4 Å². The molecule has 2 aromatic rings. The van der Waals surface area contributed by atoms with Gasteiger partial charge >= 0.3 is 0 Å². The molecule has 0 radical (unpaired) electrons. The Hall–Kier alpha value is -1.35. The molecule has 1 heterocycles. The van der Waals surface area contributed by atoms with Gasteiger partial charge in [-0.2, -0.15) is 0 Å². The second kappa shape index (κ2) is 4.26. The summed E-state index contributed by atoms with van der Waals surface area (Å²) in [6.45, 7) is 4.99. The van der Waals surface area contributed by atoms with E-state index in [0.29, 0.717) is 0 Å². The predicted molar refractivity (Wildman–Crippen MR) is 67.6 cm³/mol. The van der Waals surface area contributed by atoms with Gasteiger partial charge in [0.25, 0.3) is 0 Å². The molecule has 2 rings (SSSR count). The van der Waals surface area contributed by atoms with Gasteiger partial charge in [-0.05, 0) is 50.1 Å². The molecule has 2 N–H and O–H groups in total. The molecule has 3 heteroatoms. The normalized spacial score (nSPS) is 11.2. The number of aryl methyl sites for hydroxylation is 4. The fourth-order valence-electron chi connectivity index (χ4n) is 1.98. The molecule has 0 aliphatic carbocycles. The number of nitrogens with two attached hydrogens (primary N) is 1. The van der Waals surface area contributed by atoms with Crippen LogP contribution in [0.25, 0.3) is 11.0 Å². The SMILES string of the molecule is Cc1cc2nc(CCCN)n(C)c2cc1C. The standard InChI is InChI=1S/C13H19N3/c1-9-7-11-12(8-10(9)2)16(3)13(15-11)5-4-6-14/h7-8H,4-6,14H2,1-3H3. The molecule has 0 aliphatic rings. The number of rotatable bonds is 3. The summed E-state index contributed by atoms with van der Waals surface area (Å²) in [6.07, 6.45) is 1.95. The highest BCUT2D eigenvalue weighted by atomic mass is 15.1. The molecule has 0 bridgehead atoms. The van der Waals surface area contributed by atoms with Crippen LogP contribution in [0.15, 0.2) is 12.1 Å². The van der Waals surface area contributed by atoms with Crippen molar-refractivity contribution in [3.63, 3.8) is 0 Å². The minimum atomic E-state index is 0.723. The topological polar surface area (TPSA) is 43.8 Å². The zero-order chi connectivity index (χ0) is 11.7. The molecule has 0 amide bonds. The Bertz CT molecular complexity index is 511. The van der Waals surface area contributed by atoms with Crippen LogP contribution in [0, 0.1) is 13.8 Å². The molecule has 0 aliphatic heterocycles. The first-order chi connectivity index (χ1) is 7.63. The van der Waals surface area contributed by atoms with E-state index in [2.05, 4.69) is 42.6 Å². The van der Waals surface area contributed by atoms with Gasteiger partial charge in [0.1, 0.15) is 5.82 Å². The lowest BCUT2D eigenvalue weighted by Gasteiger charge is -2.02. The van der Waals surface area contributed by atoms with Crippen LogP contribution in [0.4, 0.5) is 0 Å². The smallest absolute Gasteiger partial charge is 0.109 e. The van der Waals surface area contributed by atoms with Crippen LogP contribution < -0.4 is 5.73 Å². The summed E-state index contributed by atoms with van der Waals surface area (Å²) in [5.41, 5.74) is 10.5. The molecule has 16 heavy (non-hydrogen) atoms. The molecule has 0 saturated heterocycles. The molecule has 1 aromatic carbocycles. The number of aromatic nitrogens is 2. The molecule has 3 nitrogen and oxygen atoms in total. The second-order valence-electron chi connectivity index (χ2n) is 4.40. The predicted octanol–water partition coefficient (Wildman–Crippen LogP) is 2.08. The van der Waals surface area contributed by atoms with Gasteiger partial charge in [-0.25, -0.2) is 4.98 Å². The first-order valence-electron chi connectivity index (χ1n) is 5.76. The van der Waals surface area contributed by atoms with Gasteiger partial charge in [0.15, 0.2) is 0 Å². The highest BCUT2D eigenvalue weighted by molar-refractivity contribution is 5.78.